The van der Waals surface area contributed by atoms with E-state index in [1.54, 1.807) is 15.8 Å². The number of aryl methyl sites for hydroxylation is 2. The molecule has 1 aliphatic rings. The Kier molecular flexibility index (Phi) is 9.41. The summed E-state index contributed by atoms with van der Waals surface area (Å²) >= 11 is 0. The second-order valence-electron chi connectivity index (χ2n) is 7.09. The van der Waals surface area contributed by atoms with Gasteiger partial charge in [-0.15, -0.1) is 24.0 Å². The normalized spacial score (nSPS) is 14.5. The van der Waals surface area contributed by atoms with Gasteiger partial charge in [-0.3, -0.25) is 14.5 Å². The quantitative estimate of drug-likeness (QED) is 0.260. The van der Waals surface area contributed by atoms with Crippen LogP contribution >= 0.6 is 24.0 Å². The van der Waals surface area contributed by atoms with Gasteiger partial charge in [-0.2, -0.15) is 5.10 Å². The maximum atomic E-state index is 12.6. The highest BCUT2D eigenvalue weighted by Crippen LogP contribution is 2.16. The Morgan fingerprint density at radius 2 is 2.03 bits per heavy atom. The van der Waals surface area contributed by atoms with Crippen molar-refractivity contribution >= 4 is 41.5 Å². The fraction of sp³-hybridized carbons (Fsp3) is 0.476. The Balaban J connectivity index is 0.00000320. The standard InChI is InChI=1S/C21H30N6O2.HI/c1-4-22-21(23-10-5-13-29-19-8-6-17(2)7-9-19)26-11-12-27(20(28)16-26)18-14-24-25(3)15-18;/h6-9,14-15H,4-5,10-13,16H2,1-3H3,(H,22,23);1H. The summed E-state index contributed by atoms with van der Waals surface area (Å²) in [6.45, 7) is 7.75. The van der Waals surface area contributed by atoms with Crippen LogP contribution in [0.25, 0.3) is 0 Å². The molecular weight excluding hydrogens is 495 g/mol. The minimum Gasteiger partial charge on any atom is -0.494 e. The van der Waals surface area contributed by atoms with Gasteiger partial charge in [0, 0.05) is 45.8 Å². The predicted octanol–water partition coefficient (Wildman–Crippen LogP) is 2.43. The number of carbonyl (C=O) groups excluding carboxylic acids is 1. The molecule has 30 heavy (non-hydrogen) atoms. The maximum absolute atomic E-state index is 12.6. The van der Waals surface area contributed by atoms with Gasteiger partial charge in [-0.25, -0.2) is 0 Å². The fourth-order valence-corrected chi connectivity index (χ4v) is 3.17. The first kappa shape index (κ1) is 24.0. The van der Waals surface area contributed by atoms with Crippen molar-refractivity contribution in [2.45, 2.75) is 20.3 Å². The fourth-order valence-electron chi connectivity index (χ4n) is 3.17. The lowest BCUT2D eigenvalue weighted by atomic mass is 10.2. The number of ether oxygens (including phenoxy) is 1. The van der Waals surface area contributed by atoms with Gasteiger partial charge in [-0.05, 0) is 26.0 Å². The van der Waals surface area contributed by atoms with Gasteiger partial charge < -0.3 is 19.9 Å². The van der Waals surface area contributed by atoms with E-state index in [4.69, 9.17) is 4.74 Å². The number of amides is 1. The predicted molar refractivity (Wildman–Crippen MR) is 130 cm³/mol. The van der Waals surface area contributed by atoms with Gasteiger partial charge in [0.1, 0.15) is 12.3 Å². The summed E-state index contributed by atoms with van der Waals surface area (Å²) in [5.41, 5.74) is 2.06. The van der Waals surface area contributed by atoms with Gasteiger partial charge in [0.25, 0.3) is 0 Å². The topological polar surface area (TPSA) is 75.0 Å². The summed E-state index contributed by atoms with van der Waals surface area (Å²) in [5.74, 6) is 1.71. The first-order valence-corrected chi connectivity index (χ1v) is 10.1. The average molecular weight is 526 g/mol. The molecule has 164 valence electrons. The molecule has 0 aliphatic carbocycles. The summed E-state index contributed by atoms with van der Waals surface area (Å²) in [5, 5.41) is 7.45. The SMILES string of the molecule is CCNC(=NCCCOc1ccc(C)cc1)N1CCN(c2cnn(C)c2)C(=O)C1.I. The molecule has 0 saturated carbocycles. The number of halogens is 1. The lowest BCUT2D eigenvalue weighted by Gasteiger charge is -2.35. The van der Waals surface area contributed by atoms with E-state index in [2.05, 4.69) is 22.3 Å². The molecule has 0 radical (unpaired) electrons. The molecular formula is C21H31IN6O2. The molecule has 0 unspecified atom stereocenters. The summed E-state index contributed by atoms with van der Waals surface area (Å²) in [7, 11) is 1.85. The van der Waals surface area contributed by atoms with Gasteiger partial charge in [0.2, 0.25) is 5.91 Å². The Morgan fingerprint density at radius 1 is 1.27 bits per heavy atom. The molecule has 9 heteroatoms. The van der Waals surface area contributed by atoms with Crippen LogP contribution in [-0.2, 0) is 11.8 Å². The maximum Gasteiger partial charge on any atom is 0.246 e. The molecule has 1 aromatic heterocycles. The first-order chi connectivity index (χ1) is 14.1. The van der Waals surface area contributed by atoms with Crippen LogP contribution in [0.3, 0.4) is 0 Å². The van der Waals surface area contributed by atoms with Crippen molar-refractivity contribution in [3.63, 3.8) is 0 Å². The molecule has 1 aromatic carbocycles. The van der Waals surface area contributed by atoms with Crippen LogP contribution < -0.4 is 15.0 Å². The molecule has 3 rings (SSSR count). The van der Waals surface area contributed by atoms with E-state index < -0.39 is 0 Å². The van der Waals surface area contributed by atoms with E-state index in [0.29, 0.717) is 26.2 Å². The Hall–Kier alpha value is -2.30. The summed E-state index contributed by atoms with van der Waals surface area (Å²) in [4.78, 5) is 21.1. The smallest absolute Gasteiger partial charge is 0.246 e. The van der Waals surface area contributed by atoms with E-state index in [1.165, 1.54) is 5.56 Å². The molecule has 1 aliphatic heterocycles. The molecule has 1 fully saturated rings. The third-order valence-corrected chi connectivity index (χ3v) is 4.71. The van der Waals surface area contributed by atoms with Crippen LogP contribution in [0.15, 0.2) is 41.7 Å². The zero-order valence-corrected chi connectivity index (χ0v) is 20.2. The van der Waals surface area contributed by atoms with Gasteiger partial charge in [-0.1, -0.05) is 17.7 Å². The van der Waals surface area contributed by atoms with Crippen molar-refractivity contribution in [2.75, 3.05) is 44.2 Å². The van der Waals surface area contributed by atoms with Crippen LogP contribution in [0, 0.1) is 6.92 Å². The van der Waals surface area contributed by atoms with E-state index in [1.807, 2.05) is 49.3 Å². The Morgan fingerprint density at radius 3 is 2.67 bits per heavy atom. The lowest BCUT2D eigenvalue weighted by molar-refractivity contribution is -0.120. The minimum absolute atomic E-state index is 0. The van der Waals surface area contributed by atoms with Gasteiger partial charge >= 0.3 is 0 Å². The van der Waals surface area contributed by atoms with Crippen LogP contribution in [-0.4, -0.2) is 65.9 Å². The molecule has 0 atom stereocenters. The third-order valence-electron chi connectivity index (χ3n) is 4.71. The number of benzene rings is 1. The van der Waals surface area contributed by atoms with Crippen LogP contribution in [0.1, 0.15) is 18.9 Å². The van der Waals surface area contributed by atoms with Crippen LogP contribution in [0.2, 0.25) is 0 Å². The molecule has 2 heterocycles. The Labute approximate surface area is 195 Å². The number of guanidine groups is 1. The number of aliphatic imine (C=N–C) groups is 1. The van der Waals surface area contributed by atoms with Crippen molar-refractivity contribution in [2.24, 2.45) is 12.0 Å². The Bertz CT molecular complexity index is 836. The van der Waals surface area contributed by atoms with Crippen molar-refractivity contribution in [1.29, 1.82) is 0 Å². The zero-order valence-electron chi connectivity index (χ0n) is 17.9. The monoisotopic (exact) mass is 526 g/mol. The molecule has 1 amide bonds. The number of rotatable bonds is 7. The largest absolute Gasteiger partial charge is 0.494 e. The molecule has 8 nitrogen and oxygen atoms in total. The third kappa shape index (κ3) is 6.61. The van der Waals surface area contributed by atoms with Crippen molar-refractivity contribution < 1.29 is 9.53 Å². The highest BCUT2D eigenvalue weighted by atomic mass is 127. The van der Waals surface area contributed by atoms with Crippen LogP contribution in [0.4, 0.5) is 5.69 Å². The van der Waals surface area contributed by atoms with Gasteiger partial charge in [0.05, 0.1) is 18.5 Å². The zero-order chi connectivity index (χ0) is 20.6. The number of anilines is 1. The molecule has 0 spiro atoms. The second kappa shape index (κ2) is 11.8. The number of nitrogens with one attached hydrogen (secondary N) is 1. The summed E-state index contributed by atoms with van der Waals surface area (Å²) < 4.78 is 7.47. The molecule has 0 bridgehead atoms. The number of hydrogen-bond donors (Lipinski definition) is 1. The molecule has 1 N–H and O–H groups in total. The summed E-state index contributed by atoms with van der Waals surface area (Å²) in [6, 6.07) is 8.05. The highest BCUT2D eigenvalue weighted by Gasteiger charge is 2.27. The number of carbonyl (C=O) groups is 1. The number of piperazine rings is 1. The number of nitrogens with zero attached hydrogens (tertiary/aromatic N) is 5. The number of hydrogen-bond acceptors (Lipinski definition) is 4. The summed E-state index contributed by atoms with van der Waals surface area (Å²) in [6.07, 6.45) is 4.40. The van der Waals surface area contributed by atoms with Crippen molar-refractivity contribution in [1.82, 2.24) is 20.0 Å². The van der Waals surface area contributed by atoms with E-state index in [-0.39, 0.29) is 29.9 Å². The average Bonchev–Trinajstić information content (AvgIpc) is 3.14. The van der Waals surface area contributed by atoms with Crippen molar-refractivity contribution in [3.8, 4) is 5.75 Å². The first-order valence-electron chi connectivity index (χ1n) is 10.1. The molecule has 2 aromatic rings. The van der Waals surface area contributed by atoms with Gasteiger partial charge in [0.15, 0.2) is 5.96 Å². The van der Waals surface area contributed by atoms with E-state index in [9.17, 15) is 4.79 Å². The van der Waals surface area contributed by atoms with Crippen molar-refractivity contribution in [3.05, 3.63) is 42.2 Å². The molecule has 1 saturated heterocycles. The highest BCUT2D eigenvalue weighted by molar-refractivity contribution is 14.0. The van der Waals surface area contributed by atoms with Crippen LogP contribution in [0.5, 0.6) is 5.75 Å². The number of aromatic nitrogens is 2. The minimum atomic E-state index is 0. The lowest BCUT2D eigenvalue weighted by Crippen LogP contribution is -2.55. The van der Waals surface area contributed by atoms with E-state index in [0.717, 1.165) is 36.9 Å². The van der Waals surface area contributed by atoms with E-state index >= 15 is 0 Å². The second-order valence-corrected chi connectivity index (χ2v) is 7.09.